The molecule has 122 valence electrons. The number of rotatable bonds is 10. The minimum Gasteiger partial charge on any atom is -0.469 e. The molecule has 0 saturated heterocycles. The molecule has 0 bridgehead atoms. The lowest BCUT2D eigenvalue weighted by molar-refractivity contribution is -0.140. The molecule has 22 heavy (non-hydrogen) atoms. The van der Waals surface area contributed by atoms with E-state index < -0.39 is 6.29 Å². The highest BCUT2D eigenvalue weighted by Crippen LogP contribution is 2.10. The van der Waals surface area contributed by atoms with Crippen LogP contribution in [0.15, 0.2) is 30.3 Å². The van der Waals surface area contributed by atoms with Crippen molar-refractivity contribution in [3.05, 3.63) is 35.9 Å². The number of ketones is 1. The number of aliphatic hydroxyl groups excluding tert-OH is 1. The molecule has 1 aromatic rings. The molecule has 2 atom stereocenters. The van der Waals surface area contributed by atoms with Gasteiger partial charge in [0.1, 0.15) is 11.5 Å². The normalized spacial score (nSPS) is 13.4. The first-order valence-corrected chi connectivity index (χ1v) is 8.80. The molecule has 0 aromatic heterocycles. The van der Waals surface area contributed by atoms with Gasteiger partial charge in [0.25, 0.3) is 0 Å². The molecule has 1 rings (SSSR count). The highest BCUT2D eigenvalue weighted by molar-refractivity contribution is 7.97. The van der Waals surface area contributed by atoms with E-state index in [-0.39, 0.29) is 29.1 Å². The molecule has 1 N–H and O–H groups in total. The third-order valence-electron chi connectivity index (χ3n) is 3.18. The van der Waals surface area contributed by atoms with Gasteiger partial charge in [0.15, 0.2) is 12.0 Å². The smallest absolute Gasteiger partial charge is 0.310 e. The van der Waals surface area contributed by atoms with Gasteiger partial charge < -0.3 is 14.6 Å². The van der Waals surface area contributed by atoms with Crippen LogP contribution >= 0.6 is 0 Å². The van der Waals surface area contributed by atoms with Gasteiger partial charge in [-0.15, -0.1) is 0 Å². The fourth-order valence-corrected chi connectivity index (χ4v) is 3.87. The summed E-state index contributed by atoms with van der Waals surface area (Å²) >= 11 is 0. The van der Waals surface area contributed by atoms with Crippen LogP contribution in [0.25, 0.3) is 0 Å². The molecule has 0 aliphatic heterocycles. The van der Waals surface area contributed by atoms with Crippen molar-refractivity contribution in [1.29, 1.82) is 0 Å². The molecule has 0 radical (unpaired) electrons. The Morgan fingerprint density at radius 1 is 1.18 bits per heavy atom. The number of methoxy groups -OCH3 is 2. The monoisotopic (exact) mass is 327 g/mol. The molecule has 0 aliphatic carbocycles. The van der Waals surface area contributed by atoms with Crippen molar-refractivity contribution in [2.45, 2.75) is 19.1 Å². The lowest BCUT2D eigenvalue weighted by atomic mass is 10.2. The number of benzene rings is 1. The number of ether oxygens (including phenoxy) is 2. The summed E-state index contributed by atoms with van der Waals surface area (Å²) in [5.74, 6) is 1.38. The van der Waals surface area contributed by atoms with Gasteiger partial charge in [0, 0.05) is 19.1 Å². The minimum atomic E-state index is -0.833. The van der Waals surface area contributed by atoms with Crippen LogP contribution < -0.4 is 0 Å². The summed E-state index contributed by atoms with van der Waals surface area (Å²) in [7, 11) is 2.50. The first-order chi connectivity index (χ1) is 10.6. The number of hydrogen-bond acceptors (Lipinski definition) is 5. The van der Waals surface area contributed by atoms with Crippen LogP contribution in [-0.2, 0) is 25.2 Å². The summed E-state index contributed by atoms with van der Waals surface area (Å²) in [6.45, 7) is 0. The van der Waals surface area contributed by atoms with Gasteiger partial charge in [0.05, 0.1) is 13.5 Å². The zero-order valence-corrected chi connectivity index (χ0v) is 13.8. The van der Waals surface area contributed by atoms with E-state index in [1.54, 1.807) is 12.1 Å². The first-order valence-electron chi connectivity index (χ1n) is 7.06. The Labute approximate surface area is 134 Å². The highest BCUT2D eigenvalue weighted by Gasteiger charge is 2.25. The molecule has 0 fully saturated rings. The molecule has 0 aliphatic rings. The summed E-state index contributed by atoms with van der Waals surface area (Å²) < 4.78 is 9.46. The second kappa shape index (κ2) is 10.4. The molecule has 0 saturated carbocycles. The van der Waals surface area contributed by atoms with Crippen LogP contribution in [0.1, 0.15) is 23.2 Å². The Bertz CT molecular complexity index is 463. The second-order valence-corrected chi connectivity index (χ2v) is 7.09. The van der Waals surface area contributed by atoms with Crippen LogP contribution in [-0.4, -0.2) is 54.6 Å². The summed E-state index contributed by atoms with van der Waals surface area (Å²) in [4.78, 5) is 23.6. The molecule has 2 unspecified atom stereocenters. The van der Waals surface area contributed by atoms with Gasteiger partial charge in [-0.1, -0.05) is 30.3 Å². The molecule has 0 amide bonds. The van der Waals surface area contributed by atoms with E-state index >= 15 is 0 Å². The molecule has 0 heterocycles. The van der Waals surface area contributed by atoms with Gasteiger partial charge in [-0.3, -0.25) is 9.59 Å². The van der Waals surface area contributed by atoms with Crippen molar-refractivity contribution in [3.63, 3.8) is 0 Å². The first kappa shape index (κ1) is 18.7. The quantitative estimate of drug-likeness (QED) is 0.304. The van der Waals surface area contributed by atoms with Crippen molar-refractivity contribution < 1.29 is 24.2 Å². The Kier molecular flexibility index (Phi) is 8.81. The van der Waals surface area contributed by atoms with Crippen LogP contribution in [0.3, 0.4) is 0 Å². The van der Waals surface area contributed by atoms with Crippen molar-refractivity contribution >= 4 is 22.6 Å². The Morgan fingerprint density at radius 3 is 2.45 bits per heavy atom. The third-order valence-corrected chi connectivity index (χ3v) is 5.44. The fourth-order valence-electron chi connectivity index (χ4n) is 1.85. The maximum Gasteiger partial charge on any atom is 0.310 e. The van der Waals surface area contributed by atoms with Crippen molar-refractivity contribution in [1.82, 2.24) is 0 Å². The summed E-state index contributed by atoms with van der Waals surface area (Å²) in [6, 6.07) is 9.09. The van der Waals surface area contributed by atoms with E-state index in [4.69, 9.17) is 4.74 Å². The van der Waals surface area contributed by atoms with Crippen LogP contribution in [0.4, 0.5) is 0 Å². The Morgan fingerprint density at radius 2 is 1.86 bits per heavy atom. The van der Waals surface area contributed by atoms with E-state index in [0.29, 0.717) is 29.2 Å². The van der Waals surface area contributed by atoms with Crippen molar-refractivity contribution in [3.8, 4) is 0 Å². The van der Waals surface area contributed by atoms with E-state index in [9.17, 15) is 14.7 Å². The molecule has 0 spiro atoms. The van der Waals surface area contributed by atoms with E-state index in [1.165, 1.54) is 14.2 Å². The number of carbonyl (C=O) groups is 2. The fraction of sp³-hybridized carbons (Fsp3) is 0.500. The predicted molar refractivity (Wildman–Crippen MR) is 87.0 cm³/mol. The summed E-state index contributed by atoms with van der Waals surface area (Å²) in [5, 5.41) is 9.49. The summed E-state index contributed by atoms with van der Waals surface area (Å²) in [6.07, 6.45) is -0.104. The number of aliphatic hydroxyl groups is 1. The zero-order valence-electron chi connectivity index (χ0n) is 13.0. The predicted octanol–water partition coefficient (Wildman–Crippen LogP) is 1.41. The van der Waals surface area contributed by atoms with Crippen LogP contribution in [0.5, 0.6) is 0 Å². The van der Waals surface area contributed by atoms with Gasteiger partial charge in [-0.05, 0) is 10.9 Å². The van der Waals surface area contributed by atoms with Crippen LogP contribution in [0, 0.1) is 0 Å². The maximum atomic E-state index is 12.3. The molecule has 5 nitrogen and oxygen atoms in total. The highest BCUT2D eigenvalue weighted by atomic mass is 32.2. The topological polar surface area (TPSA) is 72.8 Å². The lowest BCUT2D eigenvalue weighted by Gasteiger charge is -2.11. The largest absolute Gasteiger partial charge is 0.469 e. The SMILES string of the molecule is COC(=O)CC[S+](CCC(O)OC)CC(=O)c1ccccc1. The lowest BCUT2D eigenvalue weighted by Crippen LogP contribution is -2.26. The molecular weight excluding hydrogens is 304 g/mol. The zero-order chi connectivity index (χ0) is 16.4. The van der Waals surface area contributed by atoms with Gasteiger partial charge in [-0.2, -0.15) is 0 Å². The van der Waals surface area contributed by atoms with Crippen molar-refractivity contribution in [2.24, 2.45) is 0 Å². The second-order valence-electron chi connectivity index (χ2n) is 4.76. The number of Topliss-reactive ketones (excluding diaryl/α,β-unsaturated/α-hetero) is 1. The minimum absolute atomic E-state index is 0.0562. The maximum absolute atomic E-state index is 12.3. The molecule has 1 aromatic carbocycles. The van der Waals surface area contributed by atoms with Crippen molar-refractivity contribution in [2.75, 3.05) is 31.5 Å². The van der Waals surface area contributed by atoms with E-state index in [2.05, 4.69) is 4.74 Å². The molecule has 6 heteroatoms. The van der Waals surface area contributed by atoms with E-state index in [0.717, 1.165) is 0 Å². The number of esters is 1. The standard InChI is InChI=1S/C16H23O5S/c1-20-15(18)8-10-22(11-9-16(19)21-2)12-14(17)13-6-4-3-5-7-13/h3-7,15,18H,8-12H2,1-2H3/q+1. The molecular formula is C16H23O5S+. The summed E-state index contributed by atoms with van der Waals surface area (Å²) in [5.41, 5.74) is 0.672. The van der Waals surface area contributed by atoms with Crippen LogP contribution in [0.2, 0.25) is 0 Å². The average Bonchev–Trinajstić information content (AvgIpc) is 2.57. The Balaban J connectivity index is 2.59. The number of carbonyl (C=O) groups excluding carboxylic acids is 2. The third kappa shape index (κ3) is 7.06. The Hall–Kier alpha value is -1.37. The number of hydrogen-bond donors (Lipinski definition) is 1. The average molecular weight is 327 g/mol. The van der Waals surface area contributed by atoms with Gasteiger partial charge in [-0.25, -0.2) is 0 Å². The van der Waals surface area contributed by atoms with E-state index in [1.807, 2.05) is 18.2 Å². The van der Waals surface area contributed by atoms with Gasteiger partial charge >= 0.3 is 5.97 Å². The van der Waals surface area contributed by atoms with Gasteiger partial charge in [0.2, 0.25) is 5.78 Å².